The minimum atomic E-state index is -0.701. The summed E-state index contributed by atoms with van der Waals surface area (Å²) in [5.41, 5.74) is 5.02. The van der Waals surface area contributed by atoms with Gasteiger partial charge < -0.3 is 10.5 Å². The molecule has 3 aliphatic rings. The molecule has 2 N–H and O–H groups in total. The van der Waals surface area contributed by atoms with Crippen LogP contribution in [0.1, 0.15) is 12.8 Å². The number of halogens is 2. The molecule has 0 amide bonds. The molecule has 2 aliphatic heterocycles. The van der Waals surface area contributed by atoms with Crippen LogP contribution in [0.4, 0.5) is 0 Å². The summed E-state index contributed by atoms with van der Waals surface area (Å²) < 4.78 is 4.89. The van der Waals surface area contributed by atoms with Crippen LogP contribution in [0.3, 0.4) is 0 Å². The van der Waals surface area contributed by atoms with Crippen molar-refractivity contribution in [1.29, 1.82) is 0 Å². The maximum Gasteiger partial charge on any atom is 0.326 e. The first-order valence-corrected chi connectivity index (χ1v) is 4.16. The molecule has 3 nitrogen and oxygen atoms in total. The third kappa shape index (κ3) is 1.11. The van der Waals surface area contributed by atoms with Crippen molar-refractivity contribution in [2.75, 3.05) is 12.5 Å². The highest BCUT2D eigenvalue weighted by atomic mass is 35.5. The Morgan fingerprint density at radius 2 is 2.17 bits per heavy atom. The molecule has 0 spiro atoms. The monoisotopic (exact) mass is 211 g/mol. The number of hydrogen-bond acceptors (Lipinski definition) is 3. The summed E-state index contributed by atoms with van der Waals surface area (Å²) in [6.07, 6.45) is 1.39. The number of hydrogen-bond donors (Lipinski definition) is 1. The number of carbonyl (C=O) groups is 1. The lowest BCUT2D eigenvalue weighted by atomic mass is 9.57. The van der Waals surface area contributed by atoms with E-state index in [9.17, 15) is 4.79 Å². The van der Waals surface area contributed by atoms with E-state index in [1.165, 1.54) is 0 Å². The van der Waals surface area contributed by atoms with Gasteiger partial charge in [0.15, 0.2) is 0 Å². The van der Waals surface area contributed by atoms with Crippen LogP contribution >= 0.6 is 24.0 Å². The van der Waals surface area contributed by atoms with E-state index in [4.69, 9.17) is 22.1 Å². The Labute approximate surface area is 82.0 Å². The number of rotatable bonds is 1. The molecular formula is C7H11Cl2NO2. The first kappa shape index (κ1) is 10.1. The van der Waals surface area contributed by atoms with E-state index >= 15 is 0 Å². The van der Waals surface area contributed by atoms with E-state index < -0.39 is 5.54 Å². The van der Waals surface area contributed by atoms with E-state index in [0.717, 1.165) is 0 Å². The van der Waals surface area contributed by atoms with Gasteiger partial charge in [-0.1, -0.05) is 0 Å². The zero-order valence-corrected chi connectivity index (χ0v) is 8.08. The van der Waals surface area contributed by atoms with Crippen molar-refractivity contribution in [2.24, 2.45) is 11.1 Å². The molecule has 5 heteroatoms. The van der Waals surface area contributed by atoms with Crippen LogP contribution in [0.2, 0.25) is 0 Å². The zero-order valence-electron chi connectivity index (χ0n) is 6.51. The van der Waals surface area contributed by atoms with Gasteiger partial charge in [-0.15, -0.1) is 24.0 Å². The lowest BCUT2D eigenvalue weighted by Crippen LogP contribution is -2.69. The summed E-state index contributed by atoms with van der Waals surface area (Å²) in [6, 6.07) is 0. The van der Waals surface area contributed by atoms with Gasteiger partial charge in [-0.25, -0.2) is 0 Å². The highest BCUT2D eigenvalue weighted by Gasteiger charge is 2.61. The number of alkyl halides is 1. The standard InChI is InChI=1S/C7H10ClNO2.ClH/c8-3-6-1-7(9,2-6)5(10)11-4-6;/h1-4,9H2;1H. The fraction of sp³-hybridized carbons (Fsp3) is 0.857. The Morgan fingerprint density at radius 1 is 1.58 bits per heavy atom. The van der Waals surface area contributed by atoms with Crippen LogP contribution in [-0.4, -0.2) is 24.0 Å². The molecule has 1 aliphatic carbocycles. The van der Waals surface area contributed by atoms with Gasteiger partial charge in [-0.05, 0) is 12.8 Å². The van der Waals surface area contributed by atoms with Crippen molar-refractivity contribution in [2.45, 2.75) is 18.4 Å². The lowest BCUT2D eigenvalue weighted by molar-refractivity contribution is -0.184. The van der Waals surface area contributed by atoms with Gasteiger partial charge >= 0.3 is 5.97 Å². The first-order valence-electron chi connectivity index (χ1n) is 3.62. The van der Waals surface area contributed by atoms with Crippen LogP contribution in [0.5, 0.6) is 0 Å². The van der Waals surface area contributed by atoms with Crippen LogP contribution in [0.25, 0.3) is 0 Å². The molecule has 0 radical (unpaired) electrons. The first-order chi connectivity index (χ1) is 5.10. The molecule has 0 aromatic rings. The van der Waals surface area contributed by atoms with Crippen molar-refractivity contribution in [3.63, 3.8) is 0 Å². The SMILES string of the molecule is Cl.NC12CC(CCl)(COC1=O)C2. The van der Waals surface area contributed by atoms with Crippen LogP contribution < -0.4 is 5.73 Å². The molecule has 70 valence electrons. The second-order valence-electron chi connectivity index (χ2n) is 3.72. The van der Waals surface area contributed by atoms with Gasteiger partial charge in [-0.3, -0.25) is 4.79 Å². The van der Waals surface area contributed by atoms with Crippen molar-refractivity contribution >= 4 is 30.0 Å². The van der Waals surface area contributed by atoms with Gasteiger partial charge in [0.05, 0.1) is 6.61 Å². The molecule has 2 heterocycles. The quantitative estimate of drug-likeness (QED) is 0.513. The average Bonchev–Trinajstić information content (AvgIpc) is 1.93. The molecule has 2 bridgehead atoms. The maximum absolute atomic E-state index is 11.0. The van der Waals surface area contributed by atoms with Crippen molar-refractivity contribution in [3.8, 4) is 0 Å². The summed E-state index contributed by atoms with van der Waals surface area (Å²) in [5, 5.41) is 0. The summed E-state index contributed by atoms with van der Waals surface area (Å²) in [5.74, 6) is 0.281. The van der Waals surface area contributed by atoms with Crippen molar-refractivity contribution < 1.29 is 9.53 Å². The molecule has 0 atom stereocenters. The third-order valence-electron chi connectivity index (χ3n) is 2.58. The lowest BCUT2D eigenvalue weighted by Gasteiger charge is -2.55. The Hall–Kier alpha value is 0.01000. The number of esters is 1. The summed E-state index contributed by atoms with van der Waals surface area (Å²) in [7, 11) is 0. The molecule has 3 fully saturated rings. The van der Waals surface area contributed by atoms with Crippen molar-refractivity contribution in [1.82, 2.24) is 0 Å². The van der Waals surface area contributed by atoms with E-state index in [2.05, 4.69) is 0 Å². The average molecular weight is 212 g/mol. The highest BCUT2D eigenvalue weighted by molar-refractivity contribution is 6.18. The summed E-state index contributed by atoms with van der Waals surface area (Å²) >= 11 is 5.72. The minimum Gasteiger partial charge on any atom is -0.464 e. The topological polar surface area (TPSA) is 52.3 Å². The largest absolute Gasteiger partial charge is 0.464 e. The highest BCUT2D eigenvalue weighted by Crippen LogP contribution is 2.52. The molecule has 12 heavy (non-hydrogen) atoms. The second-order valence-corrected chi connectivity index (χ2v) is 3.99. The molecule has 3 rings (SSSR count). The molecule has 0 unspecified atom stereocenters. The van der Waals surface area contributed by atoms with E-state index in [1.807, 2.05) is 0 Å². The van der Waals surface area contributed by atoms with Crippen molar-refractivity contribution in [3.05, 3.63) is 0 Å². The van der Waals surface area contributed by atoms with E-state index in [-0.39, 0.29) is 23.8 Å². The Morgan fingerprint density at radius 3 is 2.58 bits per heavy atom. The smallest absolute Gasteiger partial charge is 0.326 e. The molecule has 2 saturated heterocycles. The zero-order chi connectivity index (χ0) is 8.11. The number of nitrogens with two attached hydrogens (primary N) is 1. The van der Waals surface area contributed by atoms with Crippen LogP contribution in [-0.2, 0) is 9.53 Å². The predicted molar refractivity (Wildman–Crippen MR) is 47.5 cm³/mol. The molecule has 0 aromatic carbocycles. The normalized spacial score (nSPS) is 44.0. The fourth-order valence-electron chi connectivity index (χ4n) is 2.03. The fourth-order valence-corrected chi connectivity index (χ4v) is 2.29. The minimum absolute atomic E-state index is 0. The van der Waals surface area contributed by atoms with Gasteiger partial charge in [0, 0.05) is 11.3 Å². The Kier molecular flexibility index (Phi) is 2.32. The van der Waals surface area contributed by atoms with Crippen LogP contribution in [0.15, 0.2) is 0 Å². The summed E-state index contributed by atoms with van der Waals surface area (Å²) in [6.45, 7) is 0.453. The Balaban J connectivity index is 0.000000720. The van der Waals surface area contributed by atoms with Gasteiger partial charge in [0.25, 0.3) is 0 Å². The van der Waals surface area contributed by atoms with Crippen LogP contribution in [0, 0.1) is 5.41 Å². The third-order valence-corrected chi connectivity index (χ3v) is 3.15. The predicted octanol–water partition coefficient (Wildman–Crippen LogP) is 0.681. The molecule has 1 saturated carbocycles. The molecule has 0 aromatic heterocycles. The number of fused-ring (bicyclic) bond motifs is 2. The Bertz CT molecular complexity index is 213. The molecular weight excluding hydrogens is 201 g/mol. The van der Waals surface area contributed by atoms with E-state index in [1.54, 1.807) is 0 Å². The number of carbonyl (C=O) groups excluding carboxylic acids is 1. The summed E-state index contributed by atoms with van der Waals surface area (Å²) in [4.78, 5) is 11.0. The van der Waals surface area contributed by atoms with Gasteiger partial charge in [-0.2, -0.15) is 0 Å². The van der Waals surface area contributed by atoms with Gasteiger partial charge in [0.1, 0.15) is 5.54 Å². The second kappa shape index (κ2) is 2.76. The van der Waals surface area contributed by atoms with Gasteiger partial charge in [0.2, 0.25) is 0 Å². The van der Waals surface area contributed by atoms with E-state index in [0.29, 0.717) is 25.3 Å². The number of ether oxygens (including phenoxy) is 1. The maximum atomic E-state index is 11.0.